The number of sulfone groups is 1. The summed E-state index contributed by atoms with van der Waals surface area (Å²) in [5.74, 6) is -1.61. The molecule has 0 aromatic heterocycles. The minimum Gasteiger partial charge on any atom is -0.549 e. The van der Waals surface area contributed by atoms with Gasteiger partial charge in [0.2, 0.25) is 0 Å². The third kappa shape index (κ3) is 5.99. The van der Waals surface area contributed by atoms with E-state index >= 15 is 0 Å². The van der Waals surface area contributed by atoms with Crippen molar-refractivity contribution in [1.29, 1.82) is 0 Å². The van der Waals surface area contributed by atoms with Crippen LogP contribution in [0.5, 0.6) is 0 Å². The summed E-state index contributed by atoms with van der Waals surface area (Å²) in [7, 11) is -3.85. The van der Waals surface area contributed by atoms with Gasteiger partial charge in [0.05, 0.1) is 22.2 Å². The number of amidine groups is 1. The van der Waals surface area contributed by atoms with E-state index in [-0.39, 0.29) is 18.4 Å². The molecular formula is C27H29N3O6S. The molecule has 3 N–H and O–H groups in total. The van der Waals surface area contributed by atoms with Crippen molar-refractivity contribution in [3.05, 3.63) is 83.9 Å². The highest BCUT2D eigenvalue weighted by Gasteiger charge is 2.22. The van der Waals surface area contributed by atoms with Crippen molar-refractivity contribution in [2.24, 2.45) is 0 Å². The maximum atomic E-state index is 11.8. The first kappa shape index (κ1) is 26.3. The lowest BCUT2D eigenvalue weighted by Gasteiger charge is -2.19. The second-order valence-corrected chi connectivity index (χ2v) is 10.6. The van der Waals surface area contributed by atoms with Crippen LogP contribution < -0.4 is 10.4 Å². The smallest absolute Gasteiger partial charge is 0.279 e. The van der Waals surface area contributed by atoms with Gasteiger partial charge in [-0.2, -0.15) is 0 Å². The molecule has 0 bridgehead atoms. The number of carbonyl (C=O) groups is 1. The van der Waals surface area contributed by atoms with Crippen molar-refractivity contribution in [1.82, 2.24) is 10.2 Å². The van der Waals surface area contributed by atoms with Gasteiger partial charge < -0.3 is 25.0 Å². The van der Waals surface area contributed by atoms with Crippen LogP contribution in [0.2, 0.25) is 0 Å². The van der Waals surface area contributed by atoms with Gasteiger partial charge >= 0.3 is 0 Å². The van der Waals surface area contributed by atoms with Gasteiger partial charge in [-0.1, -0.05) is 54.6 Å². The molecule has 0 radical (unpaired) electrons. The van der Waals surface area contributed by atoms with Gasteiger partial charge in [0.1, 0.15) is 19.8 Å². The van der Waals surface area contributed by atoms with Crippen molar-refractivity contribution in [3.63, 3.8) is 0 Å². The summed E-state index contributed by atoms with van der Waals surface area (Å²) in [5.41, 5.74) is 3.30. The number of hydrogen-bond donors (Lipinski definition) is 3. The molecule has 0 amide bonds. The van der Waals surface area contributed by atoms with Crippen molar-refractivity contribution < 1.29 is 33.1 Å². The zero-order chi connectivity index (χ0) is 26.4. The largest absolute Gasteiger partial charge is 0.549 e. The fraction of sp³-hybridized carbons (Fsp3) is 0.259. The molecule has 0 fully saturated rings. The lowest BCUT2D eigenvalue weighted by molar-refractivity contribution is -0.554. The minimum absolute atomic E-state index is 0.0276. The number of carboxylic acid groups (broad SMARTS) is 1. The second kappa shape index (κ2) is 11.5. The Hall–Kier alpha value is -3.73. The first-order valence-electron chi connectivity index (χ1n) is 11.9. The topological polar surface area (TPSA) is 133 Å². The fourth-order valence-corrected chi connectivity index (χ4v) is 5.78. The van der Waals surface area contributed by atoms with Gasteiger partial charge in [-0.3, -0.25) is 5.32 Å². The number of nitrogens with zero attached hydrogens (tertiary/aromatic N) is 2. The summed E-state index contributed by atoms with van der Waals surface area (Å²) in [5, 5.41) is 33.7. The highest BCUT2D eigenvalue weighted by Crippen LogP contribution is 2.25. The van der Waals surface area contributed by atoms with Crippen LogP contribution in [0.15, 0.2) is 77.7 Å². The number of fused-ring (bicyclic) bond motifs is 1. The lowest BCUT2D eigenvalue weighted by Crippen LogP contribution is -2.30. The van der Waals surface area contributed by atoms with E-state index in [1.165, 1.54) is 6.07 Å². The van der Waals surface area contributed by atoms with Crippen LogP contribution in [0, 0.1) is 0 Å². The number of benzene rings is 3. The molecule has 5 rings (SSSR count). The number of carboxylic acids is 1. The zero-order valence-corrected chi connectivity index (χ0v) is 21.0. The van der Waals surface area contributed by atoms with Gasteiger partial charge in [-0.15, -0.1) is 0 Å². The van der Waals surface area contributed by atoms with Crippen molar-refractivity contribution in [2.75, 3.05) is 38.8 Å². The Morgan fingerprint density at radius 3 is 2.41 bits per heavy atom. The third-order valence-electron chi connectivity index (χ3n) is 6.26. The predicted molar refractivity (Wildman–Crippen MR) is 138 cm³/mol. The van der Waals surface area contributed by atoms with Crippen LogP contribution in [0.3, 0.4) is 0 Å². The van der Waals surface area contributed by atoms with Crippen molar-refractivity contribution in [2.45, 2.75) is 11.3 Å². The minimum atomic E-state index is -3.85. The number of rotatable bonds is 7. The second-order valence-electron chi connectivity index (χ2n) is 8.65. The van der Waals surface area contributed by atoms with Crippen LogP contribution in [-0.2, 0) is 14.6 Å². The zero-order valence-electron chi connectivity index (χ0n) is 20.2. The Labute approximate surface area is 215 Å². The van der Waals surface area contributed by atoms with E-state index in [0.717, 1.165) is 54.1 Å². The van der Waals surface area contributed by atoms with E-state index in [1.54, 1.807) is 36.4 Å². The molecule has 2 aliphatic rings. The molecule has 0 spiro atoms. The molecule has 0 atom stereocenters. The molecule has 3 aromatic carbocycles. The summed E-state index contributed by atoms with van der Waals surface area (Å²) < 4.78 is 25.6. The van der Waals surface area contributed by atoms with Crippen LogP contribution in [0.4, 0.5) is 0 Å². The number of carbonyl (C=O) groups excluding carboxylic acids is 1. The third-order valence-corrected chi connectivity index (χ3v) is 7.90. The SMILES string of the molecule is O=C([O-])CS(=O)(=O)c1cccc2ccccc12.OCN1CCC=C1c1ccc(C2=[N+](CO)CCN2)cc1. The maximum absolute atomic E-state index is 11.8. The first-order chi connectivity index (χ1) is 17.8. The Balaban J connectivity index is 0.000000176. The molecule has 3 aromatic rings. The number of hydrogen-bond acceptors (Lipinski definition) is 8. The molecule has 0 saturated carbocycles. The Morgan fingerprint density at radius 1 is 1.00 bits per heavy atom. The molecule has 0 unspecified atom stereocenters. The normalized spacial score (nSPS) is 15.3. The van der Waals surface area contributed by atoms with Gasteiger partial charge in [-0.05, 0) is 35.6 Å². The van der Waals surface area contributed by atoms with Gasteiger partial charge in [0.25, 0.3) is 5.84 Å². The van der Waals surface area contributed by atoms with Crippen LogP contribution in [0.1, 0.15) is 17.5 Å². The number of aliphatic hydroxyl groups excluding tert-OH is 2. The Bertz CT molecular complexity index is 1440. The van der Waals surface area contributed by atoms with E-state index in [4.69, 9.17) is 0 Å². The monoisotopic (exact) mass is 523 g/mol. The fourth-order valence-electron chi connectivity index (χ4n) is 4.51. The van der Waals surface area contributed by atoms with E-state index in [9.17, 15) is 28.5 Å². The van der Waals surface area contributed by atoms with Gasteiger partial charge in [0, 0.05) is 17.6 Å². The predicted octanol–water partition coefficient (Wildman–Crippen LogP) is 0.358. The molecule has 37 heavy (non-hydrogen) atoms. The van der Waals surface area contributed by atoms with E-state index in [2.05, 4.69) is 35.7 Å². The molecule has 0 aliphatic carbocycles. The summed E-state index contributed by atoms with van der Waals surface area (Å²) >= 11 is 0. The van der Waals surface area contributed by atoms with Crippen LogP contribution in [-0.4, -0.2) is 78.8 Å². The highest BCUT2D eigenvalue weighted by molar-refractivity contribution is 7.92. The van der Waals surface area contributed by atoms with Gasteiger partial charge in [-0.25, -0.2) is 13.0 Å². The van der Waals surface area contributed by atoms with Crippen molar-refractivity contribution >= 4 is 38.1 Å². The summed E-state index contributed by atoms with van der Waals surface area (Å²) in [4.78, 5) is 12.4. The number of aliphatic hydroxyl groups is 2. The average Bonchev–Trinajstić information content (AvgIpc) is 3.57. The Kier molecular flexibility index (Phi) is 8.22. The highest BCUT2D eigenvalue weighted by atomic mass is 32.2. The average molecular weight is 524 g/mol. The molecule has 9 nitrogen and oxygen atoms in total. The molecule has 194 valence electrons. The summed E-state index contributed by atoms with van der Waals surface area (Å²) in [6.45, 7) is 2.67. The summed E-state index contributed by atoms with van der Waals surface area (Å²) in [6, 6.07) is 19.9. The number of aliphatic carboxylic acids is 1. The quantitative estimate of drug-likeness (QED) is 0.378. The van der Waals surface area contributed by atoms with Gasteiger partial charge in [0.15, 0.2) is 16.6 Å². The molecule has 10 heteroatoms. The number of nitrogens with one attached hydrogen (secondary N) is 1. The first-order valence-corrected chi connectivity index (χ1v) is 13.5. The van der Waals surface area contributed by atoms with Crippen LogP contribution in [0.25, 0.3) is 16.5 Å². The Morgan fingerprint density at radius 2 is 1.70 bits per heavy atom. The molecular weight excluding hydrogens is 494 g/mol. The maximum Gasteiger partial charge on any atom is 0.279 e. The molecule has 2 heterocycles. The van der Waals surface area contributed by atoms with Crippen LogP contribution >= 0.6 is 0 Å². The van der Waals surface area contributed by atoms with E-state index < -0.39 is 21.6 Å². The molecule has 2 aliphatic heterocycles. The van der Waals surface area contributed by atoms with E-state index in [0.29, 0.717) is 5.39 Å². The summed E-state index contributed by atoms with van der Waals surface area (Å²) in [6.07, 6.45) is 3.14. The van der Waals surface area contributed by atoms with E-state index in [1.807, 2.05) is 9.48 Å². The molecule has 0 saturated heterocycles. The lowest BCUT2D eigenvalue weighted by atomic mass is 10.1. The van der Waals surface area contributed by atoms with Crippen molar-refractivity contribution in [3.8, 4) is 0 Å². The standard InChI is InChI=1S/C15H19N3O2.C12H10O4S/c19-10-17-8-1-2-14(17)12-3-5-13(6-4-12)15-16-7-9-18(15)11-20;13-12(14)8-17(15,16)11-7-3-5-9-4-1-2-6-10(9)11/h2-6,19-20H,1,7-11H2;1-7H,8H2,(H,13,14).